The van der Waals surface area contributed by atoms with Gasteiger partial charge in [0.15, 0.2) is 11.5 Å². The first kappa shape index (κ1) is 20.6. The van der Waals surface area contributed by atoms with E-state index in [1.807, 2.05) is 39.0 Å². The molecule has 162 valence electrons. The van der Waals surface area contributed by atoms with Crippen molar-refractivity contribution in [3.8, 4) is 11.5 Å². The number of aryl methyl sites for hydroxylation is 1. The molecule has 3 heterocycles. The Kier molecular flexibility index (Phi) is 5.26. The lowest BCUT2D eigenvalue weighted by Crippen LogP contribution is -2.37. The average molecular weight is 424 g/mol. The van der Waals surface area contributed by atoms with E-state index in [4.69, 9.17) is 9.47 Å². The summed E-state index contributed by atoms with van der Waals surface area (Å²) in [4.78, 5) is 43.6. The van der Waals surface area contributed by atoms with Gasteiger partial charge in [0.05, 0.1) is 10.9 Å². The third-order valence-electron chi connectivity index (χ3n) is 5.39. The molecule has 1 aliphatic heterocycles. The largest absolute Gasteiger partial charge is 0.454 e. The molecule has 31 heavy (non-hydrogen) atoms. The van der Waals surface area contributed by atoms with Crippen molar-refractivity contribution < 1.29 is 14.3 Å². The molecule has 1 amide bonds. The second-order valence-electron chi connectivity index (χ2n) is 8.14. The average Bonchev–Trinajstić information content (AvgIpc) is 3.22. The summed E-state index contributed by atoms with van der Waals surface area (Å²) in [6.45, 7) is 6.93. The molecular weight excluding hydrogens is 400 g/mol. The maximum atomic E-state index is 12.8. The molecular formula is C22H24N4O5. The molecule has 9 nitrogen and oxygen atoms in total. The van der Waals surface area contributed by atoms with Gasteiger partial charge in [-0.15, -0.1) is 0 Å². The standard InChI is InChI=1S/C22H24N4O5/c1-4-7-26-18-15(20(28)25-21(26)29)8-13(10-23-18)19(27)24-11-22(2,3)14-5-6-16-17(9-14)31-12-30-16/h5-6,8-10H,4,7,11-12H2,1-3H3,(H,24,27)(H,25,28,29). The highest BCUT2D eigenvalue weighted by molar-refractivity contribution is 5.96. The van der Waals surface area contributed by atoms with E-state index < -0.39 is 11.2 Å². The Morgan fingerprint density at radius 1 is 1.23 bits per heavy atom. The van der Waals surface area contributed by atoms with Gasteiger partial charge in [-0.2, -0.15) is 0 Å². The predicted molar refractivity (Wildman–Crippen MR) is 115 cm³/mol. The van der Waals surface area contributed by atoms with Crippen molar-refractivity contribution in [2.24, 2.45) is 0 Å². The lowest BCUT2D eigenvalue weighted by Gasteiger charge is -2.26. The number of carbonyl (C=O) groups excluding carboxylic acids is 1. The van der Waals surface area contributed by atoms with Crippen LogP contribution in [0.1, 0.15) is 43.1 Å². The number of benzene rings is 1. The number of hydrogen-bond donors (Lipinski definition) is 2. The zero-order chi connectivity index (χ0) is 22.2. The fourth-order valence-electron chi connectivity index (χ4n) is 3.55. The molecule has 3 aromatic rings. The smallest absolute Gasteiger partial charge is 0.329 e. The van der Waals surface area contributed by atoms with E-state index in [1.54, 1.807) is 0 Å². The van der Waals surface area contributed by atoms with E-state index in [0.717, 1.165) is 5.56 Å². The quantitative estimate of drug-likeness (QED) is 0.625. The molecule has 0 atom stereocenters. The van der Waals surface area contributed by atoms with Crippen molar-refractivity contribution in [3.63, 3.8) is 0 Å². The van der Waals surface area contributed by atoms with Crippen LogP contribution in [-0.2, 0) is 12.0 Å². The molecule has 2 N–H and O–H groups in total. The van der Waals surface area contributed by atoms with Gasteiger partial charge in [-0.3, -0.25) is 19.1 Å². The van der Waals surface area contributed by atoms with Crippen LogP contribution in [0.2, 0.25) is 0 Å². The van der Waals surface area contributed by atoms with E-state index >= 15 is 0 Å². The first-order chi connectivity index (χ1) is 14.8. The van der Waals surface area contributed by atoms with E-state index in [0.29, 0.717) is 31.0 Å². The van der Waals surface area contributed by atoms with Crippen molar-refractivity contribution in [1.29, 1.82) is 0 Å². The van der Waals surface area contributed by atoms with E-state index in [1.165, 1.54) is 16.8 Å². The van der Waals surface area contributed by atoms with Crippen molar-refractivity contribution in [3.05, 3.63) is 62.4 Å². The van der Waals surface area contributed by atoms with Crippen molar-refractivity contribution in [1.82, 2.24) is 19.9 Å². The third-order valence-corrected chi connectivity index (χ3v) is 5.39. The summed E-state index contributed by atoms with van der Waals surface area (Å²) in [7, 11) is 0. The molecule has 0 unspecified atom stereocenters. The number of aromatic amines is 1. The fourth-order valence-corrected chi connectivity index (χ4v) is 3.55. The molecule has 0 saturated heterocycles. The van der Waals surface area contributed by atoms with Gasteiger partial charge in [-0.25, -0.2) is 9.78 Å². The molecule has 0 bridgehead atoms. The number of ether oxygens (including phenoxy) is 2. The molecule has 2 aromatic heterocycles. The highest BCUT2D eigenvalue weighted by atomic mass is 16.7. The molecule has 4 rings (SSSR count). The van der Waals surface area contributed by atoms with Crippen LogP contribution >= 0.6 is 0 Å². The van der Waals surface area contributed by atoms with Crippen LogP contribution in [0.15, 0.2) is 40.1 Å². The Labute approximate surface area is 178 Å². The van der Waals surface area contributed by atoms with Gasteiger partial charge >= 0.3 is 5.69 Å². The molecule has 1 aliphatic rings. The summed E-state index contributed by atoms with van der Waals surface area (Å²) in [6.07, 6.45) is 2.09. The Balaban J connectivity index is 1.55. The predicted octanol–water partition coefficient (Wildman–Crippen LogP) is 1.93. The Hall–Kier alpha value is -3.62. The van der Waals surface area contributed by atoms with Crippen LogP contribution < -0.4 is 26.0 Å². The second kappa shape index (κ2) is 7.90. The number of amides is 1. The molecule has 1 aromatic carbocycles. The van der Waals surface area contributed by atoms with Crippen LogP contribution in [0, 0.1) is 0 Å². The van der Waals surface area contributed by atoms with Crippen LogP contribution in [0.25, 0.3) is 11.0 Å². The number of H-pyrrole nitrogens is 1. The summed E-state index contributed by atoms with van der Waals surface area (Å²) in [5, 5.41) is 3.11. The Morgan fingerprint density at radius 2 is 2.00 bits per heavy atom. The third kappa shape index (κ3) is 3.90. The number of rotatable bonds is 6. The van der Waals surface area contributed by atoms with E-state index in [9.17, 15) is 14.4 Å². The number of carbonyl (C=O) groups is 1. The number of nitrogens with zero attached hydrogens (tertiary/aromatic N) is 2. The van der Waals surface area contributed by atoms with Crippen LogP contribution in [0.5, 0.6) is 11.5 Å². The summed E-state index contributed by atoms with van der Waals surface area (Å²) < 4.78 is 12.2. The van der Waals surface area contributed by atoms with E-state index in [2.05, 4.69) is 15.3 Å². The fraction of sp³-hybridized carbons (Fsp3) is 0.364. The molecule has 0 aliphatic carbocycles. The maximum Gasteiger partial charge on any atom is 0.329 e. The van der Waals surface area contributed by atoms with Crippen LogP contribution in [0.3, 0.4) is 0 Å². The maximum absolute atomic E-state index is 12.8. The molecule has 0 fully saturated rings. The van der Waals surface area contributed by atoms with Crippen LogP contribution in [-0.4, -0.2) is 33.8 Å². The van der Waals surface area contributed by atoms with E-state index in [-0.39, 0.29) is 34.7 Å². The zero-order valence-corrected chi connectivity index (χ0v) is 17.7. The lowest BCUT2D eigenvalue weighted by molar-refractivity contribution is 0.0945. The minimum absolute atomic E-state index is 0.204. The van der Waals surface area contributed by atoms with Crippen molar-refractivity contribution in [2.75, 3.05) is 13.3 Å². The van der Waals surface area contributed by atoms with Gasteiger partial charge in [0.2, 0.25) is 6.79 Å². The molecule has 0 radical (unpaired) electrons. The van der Waals surface area contributed by atoms with Gasteiger partial charge in [0, 0.05) is 24.7 Å². The minimum atomic E-state index is -0.560. The van der Waals surface area contributed by atoms with Gasteiger partial charge in [-0.1, -0.05) is 26.8 Å². The monoisotopic (exact) mass is 424 g/mol. The Morgan fingerprint density at radius 3 is 2.77 bits per heavy atom. The SMILES string of the molecule is CCCn1c(=O)[nH]c(=O)c2cc(C(=O)NCC(C)(C)c3ccc4c(c3)OCO4)cnc21. The molecule has 9 heteroatoms. The topological polar surface area (TPSA) is 115 Å². The van der Waals surface area contributed by atoms with Gasteiger partial charge in [-0.05, 0) is 30.2 Å². The first-order valence-electron chi connectivity index (χ1n) is 10.1. The Bertz CT molecular complexity index is 1280. The van der Waals surface area contributed by atoms with Crippen molar-refractivity contribution in [2.45, 2.75) is 39.2 Å². The molecule has 0 saturated carbocycles. The van der Waals surface area contributed by atoms with Crippen LogP contribution in [0.4, 0.5) is 0 Å². The normalized spacial score (nSPS) is 12.9. The molecule has 0 spiro atoms. The van der Waals surface area contributed by atoms with Gasteiger partial charge in [0.1, 0.15) is 5.65 Å². The number of hydrogen-bond acceptors (Lipinski definition) is 6. The first-order valence-corrected chi connectivity index (χ1v) is 10.1. The minimum Gasteiger partial charge on any atom is -0.454 e. The lowest BCUT2D eigenvalue weighted by atomic mass is 9.84. The highest BCUT2D eigenvalue weighted by Gasteiger charge is 2.25. The summed E-state index contributed by atoms with van der Waals surface area (Å²) >= 11 is 0. The summed E-state index contributed by atoms with van der Waals surface area (Å²) in [6, 6.07) is 7.19. The van der Waals surface area contributed by atoms with Crippen molar-refractivity contribution >= 4 is 16.9 Å². The second-order valence-corrected chi connectivity index (χ2v) is 8.14. The number of fused-ring (bicyclic) bond motifs is 2. The summed E-state index contributed by atoms with van der Waals surface area (Å²) in [5.41, 5.74) is 0.0763. The van der Waals surface area contributed by atoms with Gasteiger partial charge < -0.3 is 14.8 Å². The van der Waals surface area contributed by atoms with Gasteiger partial charge in [0.25, 0.3) is 11.5 Å². The highest BCUT2D eigenvalue weighted by Crippen LogP contribution is 2.36. The number of nitrogens with one attached hydrogen (secondary N) is 2. The number of aromatic nitrogens is 3. The zero-order valence-electron chi connectivity index (χ0n) is 17.7. The summed E-state index contributed by atoms with van der Waals surface area (Å²) in [5.74, 6) is 1.04. The number of pyridine rings is 1.